The average molecular weight is 233 g/mol. The van der Waals surface area contributed by atoms with Crippen LogP contribution in [0.5, 0.6) is 5.75 Å². The molecule has 1 aliphatic heterocycles. The summed E-state index contributed by atoms with van der Waals surface area (Å²) >= 11 is 0. The number of hydrogen-bond donors (Lipinski definition) is 1. The fraction of sp³-hybridized carbons (Fsp3) is 0.500. The first-order valence-corrected chi connectivity index (χ1v) is 6.14. The fourth-order valence-electron chi connectivity index (χ4n) is 2.35. The van der Waals surface area contributed by atoms with Gasteiger partial charge in [-0.25, -0.2) is 0 Å². The molecule has 2 rings (SSSR count). The van der Waals surface area contributed by atoms with E-state index in [1.807, 2.05) is 19.1 Å². The summed E-state index contributed by atoms with van der Waals surface area (Å²) < 4.78 is 5.48. The summed E-state index contributed by atoms with van der Waals surface area (Å²) in [6.07, 6.45) is 2.41. The summed E-state index contributed by atoms with van der Waals surface area (Å²) in [5, 5.41) is 3.05. The Labute approximate surface area is 102 Å². The summed E-state index contributed by atoms with van der Waals surface area (Å²) in [5.41, 5.74) is 1.11. The highest BCUT2D eigenvalue weighted by atomic mass is 16.5. The van der Waals surface area contributed by atoms with Crippen molar-refractivity contribution in [3.63, 3.8) is 0 Å². The Hall–Kier alpha value is -1.51. The van der Waals surface area contributed by atoms with E-state index in [9.17, 15) is 4.79 Å². The maximum Gasteiger partial charge on any atom is 0.220 e. The predicted octanol–water partition coefficient (Wildman–Crippen LogP) is 2.30. The van der Waals surface area contributed by atoms with Gasteiger partial charge in [-0.3, -0.25) is 4.79 Å². The van der Waals surface area contributed by atoms with Crippen molar-refractivity contribution < 1.29 is 9.53 Å². The Morgan fingerprint density at radius 3 is 2.94 bits per heavy atom. The van der Waals surface area contributed by atoms with E-state index < -0.39 is 0 Å². The van der Waals surface area contributed by atoms with Gasteiger partial charge >= 0.3 is 0 Å². The van der Waals surface area contributed by atoms with E-state index in [1.54, 1.807) is 0 Å². The molecule has 0 radical (unpaired) electrons. The second-order valence-electron chi connectivity index (χ2n) is 4.87. The van der Waals surface area contributed by atoms with Crippen LogP contribution in [-0.2, 0) is 11.2 Å². The smallest absolute Gasteiger partial charge is 0.220 e. The third-order valence-corrected chi connectivity index (χ3v) is 3.15. The van der Waals surface area contributed by atoms with Crippen LogP contribution in [0.2, 0.25) is 0 Å². The first-order valence-electron chi connectivity index (χ1n) is 6.14. The van der Waals surface area contributed by atoms with Crippen molar-refractivity contribution in [3.05, 3.63) is 29.8 Å². The van der Waals surface area contributed by atoms with Crippen LogP contribution in [0, 0.1) is 0 Å². The number of carbonyl (C=O) groups excluding carboxylic acids is 1. The molecule has 0 aromatic heterocycles. The zero-order chi connectivity index (χ0) is 12.3. The molecule has 17 heavy (non-hydrogen) atoms. The van der Waals surface area contributed by atoms with E-state index in [0.717, 1.165) is 18.6 Å². The molecule has 1 unspecified atom stereocenters. The number of ether oxygens (including phenoxy) is 1. The highest BCUT2D eigenvalue weighted by Crippen LogP contribution is 2.25. The molecule has 0 aliphatic carbocycles. The van der Waals surface area contributed by atoms with Crippen LogP contribution in [0.4, 0.5) is 0 Å². The molecular weight excluding hydrogens is 214 g/mol. The predicted molar refractivity (Wildman–Crippen MR) is 67.1 cm³/mol. The summed E-state index contributed by atoms with van der Waals surface area (Å²) in [6.45, 7) is 4.76. The normalized spacial score (nSPS) is 23.5. The largest absolute Gasteiger partial charge is 0.494 e. The molecule has 92 valence electrons. The molecule has 3 heteroatoms. The monoisotopic (exact) mass is 233 g/mol. The molecule has 0 saturated carbocycles. The standard InChI is InChI=1S/C14H19NO2/c1-3-17-12-6-4-5-11(9-12)10-14(2)8-7-13(16)15-14/h4-6,9H,3,7-8,10H2,1-2H3,(H,15,16). The Kier molecular flexibility index (Phi) is 3.36. The molecule has 1 aromatic carbocycles. The maximum absolute atomic E-state index is 11.3. The van der Waals surface area contributed by atoms with Crippen LogP contribution >= 0.6 is 0 Å². The topological polar surface area (TPSA) is 38.3 Å². The van der Waals surface area contributed by atoms with Gasteiger partial charge in [0.2, 0.25) is 5.91 Å². The molecule has 1 heterocycles. The lowest BCUT2D eigenvalue weighted by molar-refractivity contribution is -0.119. The zero-order valence-electron chi connectivity index (χ0n) is 10.5. The van der Waals surface area contributed by atoms with Crippen molar-refractivity contribution >= 4 is 5.91 Å². The van der Waals surface area contributed by atoms with Gasteiger partial charge < -0.3 is 10.1 Å². The van der Waals surface area contributed by atoms with Crippen molar-refractivity contribution in [2.75, 3.05) is 6.61 Å². The Morgan fingerprint density at radius 2 is 2.29 bits per heavy atom. The second-order valence-corrected chi connectivity index (χ2v) is 4.87. The van der Waals surface area contributed by atoms with Crippen molar-refractivity contribution in [1.82, 2.24) is 5.32 Å². The van der Waals surface area contributed by atoms with Crippen molar-refractivity contribution in [2.24, 2.45) is 0 Å². The second kappa shape index (κ2) is 4.78. The quantitative estimate of drug-likeness (QED) is 0.866. The Bertz CT molecular complexity index is 416. The highest BCUT2D eigenvalue weighted by molar-refractivity contribution is 5.79. The maximum atomic E-state index is 11.3. The molecule has 1 saturated heterocycles. The Morgan fingerprint density at radius 1 is 1.47 bits per heavy atom. The lowest BCUT2D eigenvalue weighted by Gasteiger charge is -2.24. The van der Waals surface area contributed by atoms with Crippen LogP contribution in [0.1, 0.15) is 32.3 Å². The van der Waals surface area contributed by atoms with Crippen LogP contribution in [0.3, 0.4) is 0 Å². The number of carbonyl (C=O) groups is 1. The number of hydrogen-bond acceptors (Lipinski definition) is 2. The Balaban J connectivity index is 2.07. The minimum absolute atomic E-state index is 0.0953. The zero-order valence-corrected chi connectivity index (χ0v) is 10.5. The average Bonchev–Trinajstić information content (AvgIpc) is 2.59. The molecule has 1 atom stereocenters. The lowest BCUT2D eigenvalue weighted by atomic mass is 9.91. The highest BCUT2D eigenvalue weighted by Gasteiger charge is 2.32. The van der Waals surface area contributed by atoms with Crippen LogP contribution in [0.15, 0.2) is 24.3 Å². The molecule has 3 nitrogen and oxygen atoms in total. The molecule has 0 bridgehead atoms. The summed E-state index contributed by atoms with van der Waals surface area (Å²) in [5.74, 6) is 1.06. The van der Waals surface area contributed by atoms with Crippen LogP contribution < -0.4 is 10.1 Å². The van der Waals surface area contributed by atoms with Gasteiger partial charge in [0, 0.05) is 12.0 Å². The van der Waals surface area contributed by atoms with Gasteiger partial charge in [-0.1, -0.05) is 12.1 Å². The first-order chi connectivity index (χ1) is 8.11. The van der Waals surface area contributed by atoms with Gasteiger partial charge in [0.25, 0.3) is 0 Å². The molecule has 1 N–H and O–H groups in total. The van der Waals surface area contributed by atoms with E-state index in [-0.39, 0.29) is 11.4 Å². The van der Waals surface area contributed by atoms with Gasteiger partial charge in [-0.2, -0.15) is 0 Å². The summed E-state index contributed by atoms with van der Waals surface area (Å²) in [7, 11) is 0. The molecule has 1 amide bonds. The van der Waals surface area contributed by atoms with Crippen LogP contribution in [0.25, 0.3) is 0 Å². The van der Waals surface area contributed by atoms with Gasteiger partial charge in [0.05, 0.1) is 6.61 Å². The van der Waals surface area contributed by atoms with Crippen LogP contribution in [-0.4, -0.2) is 18.1 Å². The van der Waals surface area contributed by atoms with Gasteiger partial charge in [-0.15, -0.1) is 0 Å². The third-order valence-electron chi connectivity index (χ3n) is 3.15. The summed E-state index contributed by atoms with van der Waals surface area (Å²) in [6, 6.07) is 8.10. The molecule has 1 aliphatic rings. The minimum atomic E-state index is -0.0953. The lowest BCUT2D eigenvalue weighted by Crippen LogP contribution is -2.40. The SMILES string of the molecule is CCOc1cccc(CC2(C)CCC(=O)N2)c1. The number of nitrogens with one attached hydrogen (secondary N) is 1. The number of benzene rings is 1. The van der Waals surface area contributed by atoms with E-state index in [2.05, 4.69) is 24.4 Å². The van der Waals surface area contributed by atoms with Crippen molar-refractivity contribution in [3.8, 4) is 5.75 Å². The van der Waals surface area contributed by atoms with E-state index in [0.29, 0.717) is 13.0 Å². The number of rotatable bonds is 4. The van der Waals surface area contributed by atoms with E-state index in [1.165, 1.54) is 5.56 Å². The summed E-state index contributed by atoms with van der Waals surface area (Å²) in [4.78, 5) is 11.3. The molecular formula is C14H19NO2. The van der Waals surface area contributed by atoms with E-state index >= 15 is 0 Å². The molecule has 1 aromatic rings. The first kappa shape index (κ1) is 12.0. The van der Waals surface area contributed by atoms with Gasteiger partial charge in [-0.05, 0) is 44.4 Å². The van der Waals surface area contributed by atoms with Gasteiger partial charge in [0.15, 0.2) is 0 Å². The minimum Gasteiger partial charge on any atom is -0.494 e. The fourth-order valence-corrected chi connectivity index (χ4v) is 2.35. The molecule has 0 spiro atoms. The van der Waals surface area contributed by atoms with E-state index in [4.69, 9.17) is 4.74 Å². The van der Waals surface area contributed by atoms with Crippen molar-refractivity contribution in [2.45, 2.75) is 38.6 Å². The van der Waals surface area contributed by atoms with Gasteiger partial charge in [0.1, 0.15) is 5.75 Å². The third kappa shape index (κ3) is 2.99. The van der Waals surface area contributed by atoms with Crippen molar-refractivity contribution in [1.29, 1.82) is 0 Å². The molecule has 1 fully saturated rings. The number of amides is 1.